The van der Waals surface area contributed by atoms with Gasteiger partial charge in [-0.1, -0.05) is 36.9 Å². The fourth-order valence-corrected chi connectivity index (χ4v) is 3.77. The van der Waals surface area contributed by atoms with Gasteiger partial charge in [-0.2, -0.15) is 0 Å². The predicted molar refractivity (Wildman–Crippen MR) is 107 cm³/mol. The molecule has 3 rings (SSSR count). The van der Waals surface area contributed by atoms with Gasteiger partial charge in [0.15, 0.2) is 0 Å². The molecule has 0 saturated heterocycles. The molecule has 1 saturated carbocycles. The fourth-order valence-electron chi connectivity index (χ4n) is 3.50. The summed E-state index contributed by atoms with van der Waals surface area (Å²) < 4.78 is 5.71. The van der Waals surface area contributed by atoms with Crippen LogP contribution in [0.5, 0.6) is 11.6 Å². The van der Waals surface area contributed by atoms with E-state index in [9.17, 15) is 4.79 Å². The van der Waals surface area contributed by atoms with Crippen LogP contribution in [-0.4, -0.2) is 35.4 Å². The number of ether oxygens (including phenoxy) is 1. The van der Waals surface area contributed by atoms with Gasteiger partial charge >= 0.3 is 0 Å². The van der Waals surface area contributed by atoms with E-state index in [-0.39, 0.29) is 0 Å². The van der Waals surface area contributed by atoms with Crippen LogP contribution in [0.3, 0.4) is 0 Å². The number of carbonyl (C=O) groups is 1. The van der Waals surface area contributed by atoms with Gasteiger partial charge in [-0.25, -0.2) is 4.98 Å². The van der Waals surface area contributed by atoms with Crippen LogP contribution < -0.4 is 10.5 Å². The Labute approximate surface area is 165 Å². The van der Waals surface area contributed by atoms with Crippen LogP contribution in [0.15, 0.2) is 36.5 Å². The lowest BCUT2D eigenvalue weighted by Gasteiger charge is -2.31. The summed E-state index contributed by atoms with van der Waals surface area (Å²) in [4.78, 5) is 17.6. The van der Waals surface area contributed by atoms with E-state index in [4.69, 9.17) is 22.1 Å². The first-order chi connectivity index (χ1) is 13.0. The van der Waals surface area contributed by atoms with Crippen molar-refractivity contribution in [3.63, 3.8) is 0 Å². The second kappa shape index (κ2) is 9.20. The summed E-state index contributed by atoms with van der Waals surface area (Å²) in [6.45, 7) is 1.00. The highest BCUT2D eigenvalue weighted by Gasteiger charge is 2.18. The summed E-state index contributed by atoms with van der Waals surface area (Å²) in [5.41, 5.74) is 6.67. The van der Waals surface area contributed by atoms with Crippen molar-refractivity contribution in [2.45, 2.75) is 44.6 Å². The van der Waals surface area contributed by atoms with Crippen LogP contribution in [0.25, 0.3) is 0 Å². The standard InChI is InChI=1S/C21H26ClN3O2/c1-25(17-5-3-2-4-6-17)12-11-15-7-9-18(13-19(15)22)27-20-10-8-16(14-24-20)21(23)26/h7-10,13-14,17H,2-6,11-12H2,1H3,(H2,23,26). The summed E-state index contributed by atoms with van der Waals surface area (Å²) in [7, 11) is 2.21. The Hall–Kier alpha value is -2.11. The molecule has 1 amide bonds. The van der Waals surface area contributed by atoms with Gasteiger partial charge in [0.1, 0.15) is 5.75 Å². The van der Waals surface area contributed by atoms with Gasteiger partial charge in [0, 0.05) is 29.9 Å². The fraction of sp³-hybridized carbons (Fsp3) is 0.429. The molecule has 0 unspecified atom stereocenters. The molecule has 1 aliphatic rings. The molecule has 2 N–H and O–H groups in total. The van der Waals surface area contributed by atoms with Gasteiger partial charge in [-0.05, 0) is 50.1 Å². The maximum absolute atomic E-state index is 11.1. The molecular weight excluding hydrogens is 362 g/mol. The van der Waals surface area contributed by atoms with Crippen LogP contribution in [0, 0.1) is 0 Å². The maximum Gasteiger partial charge on any atom is 0.250 e. The Morgan fingerprint density at radius 2 is 2.04 bits per heavy atom. The summed E-state index contributed by atoms with van der Waals surface area (Å²) in [6, 6.07) is 9.61. The zero-order chi connectivity index (χ0) is 19.2. The number of primary amides is 1. The average molecular weight is 388 g/mol. The zero-order valence-electron chi connectivity index (χ0n) is 15.7. The Morgan fingerprint density at radius 3 is 2.67 bits per heavy atom. The molecular formula is C21H26ClN3O2. The lowest BCUT2D eigenvalue weighted by molar-refractivity contribution is 0.1000. The minimum atomic E-state index is -0.514. The predicted octanol–water partition coefficient (Wildman–Crippen LogP) is 4.43. The number of nitrogens with two attached hydrogens (primary N) is 1. The summed E-state index contributed by atoms with van der Waals surface area (Å²) >= 11 is 6.45. The van der Waals surface area contributed by atoms with E-state index in [1.807, 2.05) is 12.1 Å². The van der Waals surface area contributed by atoms with E-state index in [0.29, 0.717) is 28.3 Å². The maximum atomic E-state index is 11.1. The molecule has 0 atom stereocenters. The number of nitrogens with zero attached hydrogens (tertiary/aromatic N) is 2. The number of carbonyl (C=O) groups excluding carboxylic acids is 1. The number of aromatic nitrogens is 1. The number of pyridine rings is 1. The lowest BCUT2D eigenvalue weighted by atomic mass is 9.94. The molecule has 0 aliphatic heterocycles. The lowest BCUT2D eigenvalue weighted by Crippen LogP contribution is -2.34. The molecule has 144 valence electrons. The Morgan fingerprint density at radius 1 is 1.26 bits per heavy atom. The molecule has 1 aromatic heterocycles. The van der Waals surface area contributed by atoms with E-state index in [0.717, 1.165) is 18.5 Å². The highest BCUT2D eigenvalue weighted by Crippen LogP contribution is 2.27. The Bertz CT molecular complexity index is 773. The largest absolute Gasteiger partial charge is 0.439 e. The number of rotatable bonds is 7. The van der Waals surface area contributed by atoms with Gasteiger partial charge in [0.2, 0.25) is 11.8 Å². The van der Waals surface area contributed by atoms with Crippen LogP contribution in [-0.2, 0) is 6.42 Å². The van der Waals surface area contributed by atoms with E-state index >= 15 is 0 Å². The SMILES string of the molecule is CN(CCc1ccc(Oc2ccc(C(N)=O)cn2)cc1Cl)C1CCCCC1. The van der Waals surface area contributed by atoms with E-state index in [1.165, 1.54) is 38.3 Å². The normalized spacial score (nSPS) is 15.1. The molecule has 1 aromatic carbocycles. The number of likely N-dealkylation sites (N-methyl/N-ethyl adjacent to an activating group) is 1. The average Bonchev–Trinajstić information content (AvgIpc) is 2.68. The van der Waals surface area contributed by atoms with Crippen LogP contribution in [0.1, 0.15) is 48.0 Å². The molecule has 1 heterocycles. The molecule has 0 radical (unpaired) electrons. The summed E-state index contributed by atoms with van der Waals surface area (Å²) in [5.74, 6) is 0.490. The molecule has 6 heteroatoms. The first kappa shape index (κ1) is 19.6. The number of hydrogen-bond acceptors (Lipinski definition) is 4. The molecule has 2 aromatic rings. The van der Waals surface area contributed by atoms with Crippen molar-refractivity contribution in [3.8, 4) is 11.6 Å². The van der Waals surface area contributed by atoms with Crippen molar-refractivity contribution in [3.05, 3.63) is 52.7 Å². The minimum Gasteiger partial charge on any atom is -0.439 e. The van der Waals surface area contributed by atoms with Gasteiger partial charge in [0.25, 0.3) is 0 Å². The number of benzene rings is 1. The number of halogens is 1. The van der Waals surface area contributed by atoms with Crippen LogP contribution >= 0.6 is 11.6 Å². The van der Waals surface area contributed by atoms with Crippen LogP contribution in [0.2, 0.25) is 5.02 Å². The Balaban J connectivity index is 1.57. The third-order valence-corrected chi connectivity index (χ3v) is 5.55. The van der Waals surface area contributed by atoms with Gasteiger partial charge < -0.3 is 15.4 Å². The zero-order valence-corrected chi connectivity index (χ0v) is 16.4. The van der Waals surface area contributed by atoms with Gasteiger partial charge in [-0.15, -0.1) is 0 Å². The molecule has 1 fully saturated rings. The highest BCUT2D eigenvalue weighted by molar-refractivity contribution is 6.31. The topological polar surface area (TPSA) is 68.5 Å². The molecule has 0 bridgehead atoms. The van der Waals surface area contributed by atoms with Crippen molar-refractivity contribution in [2.24, 2.45) is 5.73 Å². The van der Waals surface area contributed by atoms with E-state index in [2.05, 4.69) is 16.9 Å². The quantitative estimate of drug-likeness (QED) is 0.762. The van der Waals surface area contributed by atoms with E-state index < -0.39 is 5.91 Å². The van der Waals surface area contributed by atoms with Crippen molar-refractivity contribution in [1.29, 1.82) is 0 Å². The second-order valence-corrected chi connectivity index (χ2v) is 7.53. The smallest absolute Gasteiger partial charge is 0.250 e. The van der Waals surface area contributed by atoms with E-state index in [1.54, 1.807) is 18.2 Å². The second-order valence-electron chi connectivity index (χ2n) is 7.13. The molecule has 1 aliphatic carbocycles. The van der Waals surface area contributed by atoms with Crippen molar-refractivity contribution in [2.75, 3.05) is 13.6 Å². The van der Waals surface area contributed by atoms with Crippen molar-refractivity contribution >= 4 is 17.5 Å². The summed E-state index contributed by atoms with van der Waals surface area (Å²) in [5, 5.41) is 0.693. The molecule has 0 spiro atoms. The third-order valence-electron chi connectivity index (χ3n) is 5.20. The van der Waals surface area contributed by atoms with Gasteiger partial charge in [0.05, 0.1) is 5.56 Å². The van der Waals surface area contributed by atoms with Crippen molar-refractivity contribution in [1.82, 2.24) is 9.88 Å². The minimum absolute atomic E-state index is 0.345. The molecule has 27 heavy (non-hydrogen) atoms. The van der Waals surface area contributed by atoms with Gasteiger partial charge in [-0.3, -0.25) is 4.79 Å². The molecule has 5 nitrogen and oxygen atoms in total. The summed E-state index contributed by atoms with van der Waals surface area (Å²) in [6.07, 6.45) is 8.98. The third kappa shape index (κ3) is 5.44. The first-order valence-corrected chi connectivity index (χ1v) is 9.83. The van der Waals surface area contributed by atoms with Crippen molar-refractivity contribution < 1.29 is 9.53 Å². The number of amides is 1. The number of hydrogen-bond donors (Lipinski definition) is 1. The first-order valence-electron chi connectivity index (χ1n) is 9.45. The monoisotopic (exact) mass is 387 g/mol. The highest BCUT2D eigenvalue weighted by atomic mass is 35.5. The van der Waals surface area contributed by atoms with Crippen LogP contribution in [0.4, 0.5) is 0 Å². The Kier molecular flexibility index (Phi) is 6.69.